The molecule has 0 unspecified atom stereocenters. The zero-order valence-electron chi connectivity index (χ0n) is 16.9. The summed E-state index contributed by atoms with van der Waals surface area (Å²) in [6.45, 7) is 6.45. The van der Waals surface area contributed by atoms with Crippen LogP contribution in [0.15, 0.2) is 42.5 Å². The van der Waals surface area contributed by atoms with Crippen LogP contribution in [0.2, 0.25) is 5.02 Å². The van der Waals surface area contributed by atoms with E-state index < -0.39 is 10.0 Å². The Kier molecular flexibility index (Phi) is 6.39. The monoisotopic (exact) mass is 435 g/mol. The van der Waals surface area contributed by atoms with Gasteiger partial charge in [-0.15, -0.1) is 0 Å². The molecular weight excluding hydrogens is 410 g/mol. The molecule has 3 rings (SSSR count). The van der Waals surface area contributed by atoms with Crippen molar-refractivity contribution in [2.75, 3.05) is 48.2 Å². The number of sulfonamides is 1. The fourth-order valence-electron chi connectivity index (χ4n) is 3.53. The van der Waals surface area contributed by atoms with Gasteiger partial charge in [-0.05, 0) is 43.2 Å². The number of para-hydroxylation sites is 1. The van der Waals surface area contributed by atoms with E-state index >= 15 is 0 Å². The molecule has 1 heterocycles. The molecule has 0 spiro atoms. The van der Waals surface area contributed by atoms with Gasteiger partial charge in [0.25, 0.3) is 0 Å². The number of hydrogen-bond acceptors (Lipinski definition) is 4. The van der Waals surface area contributed by atoms with Crippen LogP contribution in [-0.2, 0) is 14.8 Å². The highest BCUT2D eigenvalue weighted by atomic mass is 35.5. The van der Waals surface area contributed by atoms with Gasteiger partial charge in [-0.3, -0.25) is 9.10 Å². The molecule has 6 nitrogen and oxygen atoms in total. The van der Waals surface area contributed by atoms with E-state index in [1.807, 2.05) is 6.07 Å². The fourth-order valence-corrected chi connectivity index (χ4v) is 4.68. The van der Waals surface area contributed by atoms with Crippen LogP contribution in [0.4, 0.5) is 11.4 Å². The van der Waals surface area contributed by atoms with Gasteiger partial charge in [-0.2, -0.15) is 0 Å². The molecule has 0 saturated carbocycles. The van der Waals surface area contributed by atoms with Crippen LogP contribution in [0.1, 0.15) is 11.1 Å². The standard InChI is InChI=1S/C21H26ClN3O3S/c1-16-7-6-10-19(17(16)2)23-11-13-24(14-12-23)21(26)15-25(29(3,27)28)20-9-5-4-8-18(20)22/h4-10H,11-15H2,1-3H3. The van der Waals surface area contributed by atoms with E-state index in [4.69, 9.17) is 11.6 Å². The lowest BCUT2D eigenvalue weighted by molar-refractivity contribution is -0.129. The predicted octanol–water partition coefficient (Wildman–Crippen LogP) is 3.07. The van der Waals surface area contributed by atoms with Gasteiger partial charge in [0, 0.05) is 31.9 Å². The van der Waals surface area contributed by atoms with Crippen LogP contribution in [0.25, 0.3) is 0 Å². The Morgan fingerprint density at radius 3 is 2.31 bits per heavy atom. The molecule has 2 aromatic rings. The van der Waals surface area contributed by atoms with Crippen LogP contribution in [0, 0.1) is 13.8 Å². The van der Waals surface area contributed by atoms with Crippen LogP contribution in [0.3, 0.4) is 0 Å². The number of halogens is 1. The van der Waals surface area contributed by atoms with Gasteiger partial charge in [-0.25, -0.2) is 8.42 Å². The fraction of sp³-hybridized carbons (Fsp3) is 0.381. The maximum atomic E-state index is 12.9. The molecule has 1 fully saturated rings. The lowest BCUT2D eigenvalue weighted by Gasteiger charge is -2.37. The molecule has 1 aliphatic heterocycles. The topological polar surface area (TPSA) is 60.9 Å². The zero-order chi connectivity index (χ0) is 21.2. The van der Waals surface area contributed by atoms with Crippen molar-refractivity contribution in [1.82, 2.24) is 4.90 Å². The third-order valence-electron chi connectivity index (χ3n) is 5.35. The minimum atomic E-state index is -3.65. The molecule has 1 aliphatic rings. The van der Waals surface area contributed by atoms with Crippen molar-refractivity contribution in [3.8, 4) is 0 Å². The molecule has 0 N–H and O–H groups in total. The summed E-state index contributed by atoms with van der Waals surface area (Å²) < 4.78 is 25.7. The number of hydrogen-bond donors (Lipinski definition) is 0. The number of anilines is 2. The van der Waals surface area contributed by atoms with Crippen LogP contribution in [-0.4, -0.2) is 58.2 Å². The second kappa shape index (κ2) is 8.63. The highest BCUT2D eigenvalue weighted by Gasteiger charge is 2.28. The first-order chi connectivity index (χ1) is 13.7. The van der Waals surface area contributed by atoms with Gasteiger partial charge in [0.05, 0.1) is 17.0 Å². The average molecular weight is 436 g/mol. The first kappa shape index (κ1) is 21.5. The van der Waals surface area contributed by atoms with Crippen molar-refractivity contribution in [3.63, 3.8) is 0 Å². The van der Waals surface area contributed by atoms with Crippen molar-refractivity contribution >= 4 is 38.9 Å². The Hall–Kier alpha value is -2.25. The number of rotatable bonds is 5. The maximum absolute atomic E-state index is 12.9. The summed E-state index contributed by atoms with van der Waals surface area (Å²) in [4.78, 5) is 16.9. The first-order valence-corrected chi connectivity index (χ1v) is 11.7. The number of carbonyl (C=O) groups excluding carboxylic acids is 1. The third kappa shape index (κ3) is 4.85. The molecule has 1 saturated heterocycles. The summed E-state index contributed by atoms with van der Waals surface area (Å²) in [5, 5.41) is 0.297. The molecule has 156 valence electrons. The minimum Gasteiger partial charge on any atom is -0.368 e. The highest BCUT2D eigenvalue weighted by Crippen LogP contribution is 2.28. The van der Waals surface area contributed by atoms with Crippen LogP contribution in [0.5, 0.6) is 0 Å². The largest absolute Gasteiger partial charge is 0.368 e. The Morgan fingerprint density at radius 1 is 1.03 bits per heavy atom. The summed E-state index contributed by atoms with van der Waals surface area (Å²) in [6.07, 6.45) is 1.09. The SMILES string of the molecule is Cc1cccc(N2CCN(C(=O)CN(c3ccccc3Cl)S(C)(=O)=O)CC2)c1C. The molecule has 8 heteroatoms. The van der Waals surface area contributed by atoms with Gasteiger partial charge in [0.2, 0.25) is 15.9 Å². The quantitative estimate of drug-likeness (QED) is 0.724. The van der Waals surface area contributed by atoms with E-state index in [9.17, 15) is 13.2 Å². The molecule has 0 atom stereocenters. The lowest BCUT2D eigenvalue weighted by atomic mass is 10.1. The van der Waals surface area contributed by atoms with Crippen molar-refractivity contribution < 1.29 is 13.2 Å². The number of nitrogens with zero attached hydrogens (tertiary/aromatic N) is 3. The van der Waals surface area contributed by atoms with E-state index in [0.29, 0.717) is 36.9 Å². The molecule has 0 bridgehead atoms. The molecule has 29 heavy (non-hydrogen) atoms. The van der Waals surface area contributed by atoms with E-state index in [1.165, 1.54) is 16.8 Å². The number of piperazine rings is 1. The average Bonchev–Trinajstić information content (AvgIpc) is 2.68. The normalized spacial score (nSPS) is 14.8. The molecular formula is C21H26ClN3O3S. The molecule has 1 amide bonds. The lowest BCUT2D eigenvalue weighted by Crippen LogP contribution is -2.52. The van der Waals surface area contributed by atoms with Gasteiger partial charge in [0.1, 0.15) is 6.54 Å². The molecule has 0 aromatic heterocycles. The van der Waals surface area contributed by atoms with Gasteiger partial charge in [-0.1, -0.05) is 35.9 Å². The van der Waals surface area contributed by atoms with Gasteiger partial charge >= 0.3 is 0 Å². The smallest absolute Gasteiger partial charge is 0.243 e. The number of carbonyl (C=O) groups is 1. The second-order valence-electron chi connectivity index (χ2n) is 7.31. The highest BCUT2D eigenvalue weighted by molar-refractivity contribution is 7.92. The Balaban J connectivity index is 1.70. The van der Waals surface area contributed by atoms with Crippen molar-refractivity contribution in [1.29, 1.82) is 0 Å². The molecule has 0 radical (unpaired) electrons. The zero-order valence-corrected chi connectivity index (χ0v) is 18.5. The van der Waals surface area contributed by atoms with Crippen LogP contribution >= 0.6 is 11.6 Å². The van der Waals surface area contributed by atoms with Crippen LogP contribution < -0.4 is 9.21 Å². The maximum Gasteiger partial charge on any atom is 0.243 e. The van der Waals surface area contributed by atoms with Crippen molar-refractivity contribution in [3.05, 3.63) is 58.6 Å². The van der Waals surface area contributed by atoms with E-state index in [-0.39, 0.29) is 12.5 Å². The van der Waals surface area contributed by atoms with E-state index in [2.05, 4.69) is 30.9 Å². The number of aryl methyl sites for hydroxylation is 1. The summed E-state index contributed by atoms with van der Waals surface area (Å²) >= 11 is 6.17. The Bertz CT molecular complexity index is 1000. The first-order valence-electron chi connectivity index (χ1n) is 9.49. The number of benzene rings is 2. The van der Waals surface area contributed by atoms with Crippen molar-refractivity contribution in [2.45, 2.75) is 13.8 Å². The molecule has 0 aliphatic carbocycles. The molecule has 2 aromatic carbocycles. The summed E-state index contributed by atoms with van der Waals surface area (Å²) in [5.74, 6) is -0.226. The summed E-state index contributed by atoms with van der Waals surface area (Å²) in [6, 6.07) is 12.9. The van der Waals surface area contributed by atoms with Gasteiger partial charge in [0.15, 0.2) is 0 Å². The van der Waals surface area contributed by atoms with Gasteiger partial charge < -0.3 is 9.80 Å². The third-order valence-corrected chi connectivity index (χ3v) is 6.80. The minimum absolute atomic E-state index is 0.226. The Morgan fingerprint density at radius 2 is 1.69 bits per heavy atom. The predicted molar refractivity (Wildman–Crippen MR) is 118 cm³/mol. The second-order valence-corrected chi connectivity index (χ2v) is 9.62. The summed E-state index contributed by atoms with van der Waals surface area (Å²) in [7, 11) is -3.65. The Labute approximate surface area is 177 Å². The van der Waals surface area contributed by atoms with E-state index in [0.717, 1.165) is 10.6 Å². The number of amides is 1. The summed E-state index contributed by atoms with van der Waals surface area (Å²) in [5.41, 5.74) is 3.99. The van der Waals surface area contributed by atoms with E-state index in [1.54, 1.807) is 29.2 Å². The van der Waals surface area contributed by atoms with Crippen molar-refractivity contribution in [2.24, 2.45) is 0 Å².